The number of nitrogens with zero attached hydrogens (tertiary/aromatic N) is 1. The van der Waals surface area contributed by atoms with Gasteiger partial charge in [0.05, 0.1) is 16.4 Å². The van der Waals surface area contributed by atoms with Crippen LogP contribution in [0.25, 0.3) is 10.2 Å². The molecule has 0 aliphatic rings. The number of carbonyl (C=O) groups is 1. The van der Waals surface area contributed by atoms with E-state index < -0.39 is 0 Å². The summed E-state index contributed by atoms with van der Waals surface area (Å²) in [6.45, 7) is 6.72. The Morgan fingerprint density at radius 1 is 1.15 bits per heavy atom. The van der Waals surface area contributed by atoms with E-state index in [0.717, 1.165) is 53.1 Å². The Hall–Kier alpha value is -2.42. The molecule has 0 radical (unpaired) electrons. The number of pyridine rings is 1. The van der Waals surface area contributed by atoms with Crippen molar-refractivity contribution in [1.29, 1.82) is 0 Å². The van der Waals surface area contributed by atoms with Crippen molar-refractivity contribution in [3.8, 4) is 0 Å². The van der Waals surface area contributed by atoms with Crippen molar-refractivity contribution in [2.45, 2.75) is 33.1 Å². The molecular weight excluding hydrogens is 461 g/mol. The maximum absolute atomic E-state index is 14.6. The highest BCUT2D eigenvalue weighted by Gasteiger charge is 2.18. The van der Waals surface area contributed by atoms with Gasteiger partial charge < -0.3 is 21.3 Å². The standard InChI is InChI=1S/C24H31ClFN5OS/c1-4-5-9-28-11-12-29-21-18(25)13-16(14-19(21)26)8-10-30-23(32)22-20(27-3)17-7-6-15(2)31-24(17)33-22/h6-7,13-14,27-29H,4-5,8-12H2,1-3H3,(H,30,32). The number of hydrogen-bond donors (Lipinski definition) is 4. The molecule has 1 aromatic carbocycles. The molecule has 0 saturated carbocycles. The summed E-state index contributed by atoms with van der Waals surface area (Å²) in [5, 5.41) is 13.7. The molecule has 2 heterocycles. The minimum absolute atomic E-state index is 0.180. The van der Waals surface area contributed by atoms with Crippen molar-refractivity contribution in [3.05, 3.63) is 51.2 Å². The number of carbonyl (C=O) groups excluding carboxylic acids is 1. The number of nitrogens with one attached hydrogen (secondary N) is 4. The van der Waals surface area contributed by atoms with Crippen LogP contribution in [0.1, 0.15) is 40.7 Å². The summed E-state index contributed by atoms with van der Waals surface area (Å²) < 4.78 is 14.6. The monoisotopic (exact) mass is 491 g/mol. The van der Waals surface area contributed by atoms with Gasteiger partial charge in [-0.25, -0.2) is 9.37 Å². The fourth-order valence-corrected chi connectivity index (χ4v) is 4.96. The summed E-state index contributed by atoms with van der Waals surface area (Å²) in [4.78, 5) is 18.7. The molecule has 0 spiro atoms. The quantitative estimate of drug-likeness (QED) is 0.261. The van der Waals surface area contributed by atoms with Crippen molar-refractivity contribution in [2.24, 2.45) is 0 Å². The first-order valence-electron chi connectivity index (χ1n) is 11.2. The predicted octanol–water partition coefficient (Wildman–Crippen LogP) is 5.21. The second-order valence-corrected chi connectivity index (χ2v) is 9.24. The third-order valence-corrected chi connectivity index (χ3v) is 6.66. The number of thiophene rings is 1. The smallest absolute Gasteiger partial charge is 0.263 e. The minimum Gasteiger partial charge on any atom is -0.386 e. The summed E-state index contributed by atoms with van der Waals surface area (Å²) in [6.07, 6.45) is 2.73. The fourth-order valence-electron chi connectivity index (χ4n) is 3.52. The number of anilines is 2. The Bertz CT molecular complexity index is 1080. The first-order valence-corrected chi connectivity index (χ1v) is 12.4. The number of unbranched alkanes of at least 4 members (excludes halogenated alkanes) is 1. The fraction of sp³-hybridized carbons (Fsp3) is 0.417. The zero-order chi connectivity index (χ0) is 23.8. The van der Waals surface area contributed by atoms with Gasteiger partial charge in [0.1, 0.15) is 15.5 Å². The van der Waals surface area contributed by atoms with Crippen molar-refractivity contribution < 1.29 is 9.18 Å². The highest BCUT2D eigenvalue weighted by Crippen LogP contribution is 2.34. The minimum atomic E-state index is -0.388. The molecule has 6 nitrogen and oxygen atoms in total. The molecule has 3 aromatic rings. The van der Waals surface area contributed by atoms with Gasteiger partial charge >= 0.3 is 0 Å². The number of rotatable bonds is 12. The van der Waals surface area contributed by atoms with Crippen molar-refractivity contribution in [1.82, 2.24) is 15.6 Å². The van der Waals surface area contributed by atoms with Crippen LogP contribution in [0, 0.1) is 12.7 Å². The number of fused-ring (bicyclic) bond motifs is 1. The van der Waals surface area contributed by atoms with Gasteiger partial charge in [-0.05, 0) is 56.1 Å². The number of amides is 1. The molecule has 9 heteroatoms. The number of benzene rings is 1. The lowest BCUT2D eigenvalue weighted by Gasteiger charge is -2.12. The topological polar surface area (TPSA) is 78.1 Å². The highest BCUT2D eigenvalue weighted by molar-refractivity contribution is 7.21. The van der Waals surface area contributed by atoms with Crippen LogP contribution < -0.4 is 21.3 Å². The van der Waals surface area contributed by atoms with Gasteiger partial charge in [0.2, 0.25) is 0 Å². The largest absolute Gasteiger partial charge is 0.386 e. The molecule has 3 rings (SSSR count). The van der Waals surface area contributed by atoms with E-state index in [1.165, 1.54) is 17.4 Å². The van der Waals surface area contributed by atoms with Gasteiger partial charge in [0.25, 0.3) is 5.91 Å². The van der Waals surface area contributed by atoms with E-state index in [9.17, 15) is 9.18 Å². The normalized spacial score (nSPS) is 11.1. The van der Waals surface area contributed by atoms with E-state index in [2.05, 4.69) is 33.2 Å². The molecule has 33 heavy (non-hydrogen) atoms. The summed E-state index contributed by atoms with van der Waals surface area (Å²) in [5.74, 6) is -0.568. The third-order valence-electron chi connectivity index (χ3n) is 5.26. The molecular formula is C24H31ClFN5OS. The Kier molecular flexibility index (Phi) is 9.29. The van der Waals surface area contributed by atoms with Gasteiger partial charge in [-0.1, -0.05) is 24.9 Å². The summed E-state index contributed by atoms with van der Waals surface area (Å²) in [7, 11) is 1.79. The van der Waals surface area contributed by atoms with Crippen molar-refractivity contribution in [2.75, 3.05) is 43.9 Å². The van der Waals surface area contributed by atoms with E-state index in [1.807, 2.05) is 19.1 Å². The summed E-state index contributed by atoms with van der Waals surface area (Å²) in [6, 6.07) is 7.11. The van der Waals surface area contributed by atoms with Crippen LogP contribution in [0.3, 0.4) is 0 Å². The molecule has 2 aromatic heterocycles. The maximum Gasteiger partial charge on any atom is 0.263 e. The molecule has 0 atom stereocenters. The van der Waals surface area contributed by atoms with E-state index in [-0.39, 0.29) is 11.7 Å². The number of aryl methyl sites for hydroxylation is 1. The van der Waals surface area contributed by atoms with Crippen LogP contribution >= 0.6 is 22.9 Å². The van der Waals surface area contributed by atoms with E-state index in [1.54, 1.807) is 13.1 Å². The van der Waals surface area contributed by atoms with Crippen LogP contribution in [0.2, 0.25) is 5.02 Å². The average Bonchev–Trinajstić information content (AvgIpc) is 3.15. The van der Waals surface area contributed by atoms with Gasteiger partial charge in [-0.15, -0.1) is 11.3 Å². The maximum atomic E-state index is 14.6. The van der Waals surface area contributed by atoms with Crippen molar-refractivity contribution in [3.63, 3.8) is 0 Å². The molecule has 4 N–H and O–H groups in total. The first kappa shape index (κ1) is 25.2. The number of halogens is 2. The molecule has 178 valence electrons. The summed E-state index contributed by atoms with van der Waals surface area (Å²) >= 11 is 7.67. The van der Waals surface area contributed by atoms with Gasteiger partial charge in [-0.3, -0.25) is 4.79 Å². The zero-order valence-corrected chi connectivity index (χ0v) is 20.9. The van der Waals surface area contributed by atoms with Gasteiger partial charge in [0.15, 0.2) is 0 Å². The molecule has 0 aliphatic heterocycles. The lowest BCUT2D eigenvalue weighted by molar-refractivity contribution is 0.0959. The second kappa shape index (κ2) is 12.2. The van der Waals surface area contributed by atoms with E-state index in [4.69, 9.17) is 11.6 Å². The second-order valence-electron chi connectivity index (χ2n) is 7.83. The summed E-state index contributed by atoms with van der Waals surface area (Å²) in [5.41, 5.74) is 2.72. The van der Waals surface area contributed by atoms with E-state index >= 15 is 0 Å². The lowest BCUT2D eigenvalue weighted by atomic mass is 10.1. The Balaban J connectivity index is 1.56. The third kappa shape index (κ3) is 6.56. The molecule has 0 fully saturated rings. The molecule has 0 unspecified atom stereocenters. The van der Waals surface area contributed by atoms with E-state index in [0.29, 0.717) is 35.1 Å². The number of aromatic nitrogens is 1. The van der Waals surface area contributed by atoms with Crippen LogP contribution in [0.4, 0.5) is 15.8 Å². The SMILES string of the molecule is CCCCNCCNc1c(F)cc(CCNC(=O)c2sc3nc(C)ccc3c2NC)cc1Cl. The van der Waals surface area contributed by atoms with Crippen LogP contribution in [-0.4, -0.2) is 44.1 Å². The Morgan fingerprint density at radius 3 is 2.70 bits per heavy atom. The molecule has 0 bridgehead atoms. The zero-order valence-electron chi connectivity index (χ0n) is 19.3. The first-order chi connectivity index (χ1) is 15.9. The average molecular weight is 492 g/mol. The van der Waals surface area contributed by atoms with Crippen LogP contribution in [0.5, 0.6) is 0 Å². The Morgan fingerprint density at radius 2 is 1.97 bits per heavy atom. The lowest BCUT2D eigenvalue weighted by Crippen LogP contribution is -2.25. The highest BCUT2D eigenvalue weighted by atomic mass is 35.5. The van der Waals surface area contributed by atoms with Crippen LogP contribution in [0.15, 0.2) is 24.3 Å². The number of hydrogen-bond acceptors (Lipinski definition) is 6. The Labute approximate surface area is 203 Å². The van der Waals surface area contributed by atoms with Crippen LogP contribution in [-0.2, 0) is 6.42 Å². The molecule has 0 aliphatic carbocycles. The predicted molar refractivity (Wildman–Crippen MR) is 138 cm³/mol. The van der Waals surface area contributed by atoms with Crippen molar-refractivity contribution >= 4 is 50.4 Å². The molecule has 1 amide bonds. The molecule has 0 saturated heterocycles. The van der Waals surface area contributed by atoms with Gasteiger partial charge in [-0.2, -0.15) is 0 Å². The van der Waals surface area contributed by atoms with Gasteiger partial charge in [0, 0.05) is 37.8 Å².